The number of carbonyl (C=O) groups excluding carboxylic acids is 2. The van der Waals surface area contributed by atoms with E-state index in [0.29, 0.717) is 40.0 Å². The van der Waals surface area contributed by atoms with Crippen LogP contribution in [0.15, 0.2) is 83.9 Å². The van der Waals surface area contributed by atoms with Crippen molar-refractivity contribution in [3.05, 3.63) is 101 Å². The lowest BCUT2D eigenvalue weighted by Gasteiger charge is -2.14. The summed E-state index contributed by atoms with van der Waals surface area (Å²) >= 11 is 1.40. The van der Waals surface area contributed by atoms with Gasteiger partial charge in [0.2, 0.25) is 0 Å². The van der Waals surface area contributed by atoms with Gasteiger partial charge < -0.3 is 4.74 Å². The van der Waals surface area contributed by atoms with E-state index in [2.05, 4.69) is 18.8 Å². The highest BCUT2D eigenvalue weighted by Crippen LogP contribution is 2.38. The van der Waals surface area contributed by atoms with Crippen LogP contribution in [0.4, 0.5) is 0 Å². The van der Waals surface area contributed by atoms with Crippen LogP contribution in [0.2, 0.25) is 0 Å². The average Bonchev–Trinajstić information content (AvgIpc) is 3.07. The molecule has 1 aromatic heterocycles. The zero-order valence-corrected chi connectivity index (χ0v) is 19.5. The number of amides is 2. The molecule has 2 aromatic carbocycles. The van der Waals surface area contributed by atoms with Gasteiger partial charge in [0.25, 0.3) is 11.8 Å². The number of rotatable bonds is 9. The zero-order valence-electron chi connectivity index (χ0n) is 18.7. The molecule has 0 saturated heterocycles. The van der Waals surface area contributed by atoms with Gasteiger partial charge in [-0.15, -0.1) is 11.8 Å². The van der Waals surface area contributed by atoms with E-state index < -0.39 is 0 Å². The summed E-state index contributed by atoms with van der Waals surface area (Å²) in [7, 11) is 0. The summed E-state index contributed by atoms with van der Waals surface area (Å²) in [5.74, 6) is 1.20. The second-order valence-corrected chi connectivity index (χ2v) is 9.21. The van der Waals surface area contributed by atoms with Gasteiger partial charge in [-0.05, 0) is 41.3 Å². The molecule has 33 heavy (non-hydrogen) atoms. The number of hydrogen-bond donors (Lipinski definition) is 0. The molecule has 0 N–H and O–H groups in total. The van der Waals surface area contributed by atoms with Crippen LogP contribution in [0, 0.1) is 5.92 Å². The fourth-order valence-corrected chi connectivity index (χ4v) is 4.54. The normalized spacial score (nSPS) is 13.8. The van der Waals surface area contributed by atoms with Crippen LogP contribution in [0.5, 0.6) is 5.75 Å². The molecule has 0 unspecified atom stereocenters. The van der Waals surface area contributed by atoms with Gasteiger partial charge in [-0.2, -0.15) is 0 Å². The molecule has 0 atom stereocenters. The molecule has 0 aliphatic carbocycles. The van der Waals surface area contributed by atoms with Gasteiger partial charge in [0, 0.05) is 11.9 Å². The molecular formula is C27H26N2O3S. The molecule has 6 heteroatoms. The second kappa shape index (κ2) is 10.5. The first-order valence-electron chi connectivity index (χ1n) is 10.9. The van der Waals surface area contributed by atoms with Crippen molar-refractivity contribution in [2.24, 2.45) is 5.92 Å². The van der Waals surface area contributed by atoms with Crippen molar-refractivity contribution in [1.29, 1.82) is 0 Å². The third-order valence-corrected chi connectivity index (χ3v) is 6.27. The molecule has 4 rings (SSSR count). The van der Waals surface area contributed by atoms with E-state index in [1.807, 2.05) is 72.8 Å². The summed E-state index contributed by atoms with van der Waals surface area (Å²) in [4.78, 5) is 32.8. The number of hydrogen-bond acceptors (Lipinski definition) is 5. The maximum absolute atomic E-state index is 13.4. The fourth-order valence-electron chi connectivity index (χ4n) is 3.45. The van der Waals surface area contributed by atoms with Crippen LogP contribution >= 0.6 is 11.8 Å². The number of aromatic nitrogens is 1. The third-order valence-electron chi connectivity index (χ3n) is 5.12. The topological polar surface area (TPSA) is 59.5 Å². The Morgan fingerprint density at radius 2 is 1.64 bits per heavy atom. The Morgan fingerprint density at radius 1 is 0.909 bits per heavy atom. The Bertz CT molecular complexity index is 1140. The molecule has 5 nitrogen and oxygen atoms in total. The highest BCUT2D eigenvalue weighted by molar-refractivity contribution is 8.03. The lowest BCUT2D eigenvalue weighted by atomic mass is 10.1. The van der Waals surface area contributed by atoms with Crippen LogP contribution in [0.25, 0.3) is 5.57 Å². The lowest BCUT2D eigenvalue weighted by Crippen LogP contribution is -2.31. The van der Waals surface area contributed by atoms with E-state index >= 15 is 0 Å². The van der Waals surface area contributed by atoms with Crippen molar-refractivity contribution < 1.29 is 14.3 Å². The van der Waals surface area contributed by atoms with E-state index in [4.69, 9.17) is 4.74 Å². The van der Waals surface area contributed by atoms with Crippen LogP contribution < -0.4 is 4.74 Å². The van der Waals surface area contributed by atoms with E-state index in [9.17, 15) is 9.59 Å². The highest BCUT2D eigenvalue weighted by Gasteiger charge is 2.39. The van der Waals surface area contributed by atoms with Crippen molar-refractivity contribution in [1.82, 2.24) is 9.88 Å². The Kier molecular flexibility index (Phi) is 7.25. The smallest absolute Gasteiger partial charge is 0.268 e. The molecule has 1 aliphatic rings. The van der Waals surface area contributed by atoms with Crippen molar-refractivity contribution in [2.45, 2.75) is 26.1 Å². The molecule has 0 saturated carbocycles. The fraction of sp³-hybridized carbons (Fsp3) is 0.222. The SMILES string of the molecule is CC(C)COc1ccc(C2=C(SCc3ccccc3)C(=O)N(Cc3ccccn3)C2=O)cc1. The summed E-state index contributed by atoms with van der Waals surface area (Å²) in [6.45, 7) is 4.95. The summed E-state index contributed by atoms with van der Waals surface area (Å²) in [6, 6.07) is 22.8. The van der Waals surface area contributed by atoms with E-state index in [1.165, 1.54) is 16.7 Å². The highest BCUT2D eigenvalue weighted by atomic mass is 32.2. The number of carbonyl (C=O) groups is 2. The van der Waals surface area contributed by atoms with Gasteiger partial charge in [0.1, 0.15) is 5.75 Å². The Morgan fingerprint density at radius 3 is 2.30 bits per heavy atom. The first-order valence-corrected chi connectivity index (χ1v) is 11.9. The third kappa shape index (κ3) is 5.52. The minimum absolute atomic E-state index is 0.146. The van der Waals surface area contributed by atoms with Crippen molar-refractivity contribution >= 4 is 29.1 Å². The predicted molar refractivity (Wildman–Crippen MR) is 131 cm³/mol. The Hall–Kier alpha value is -3.38. The Labute approximate surface area is 198 Å². The number of nitrogens with zero attached hydrogens (tertiary/aromatic N) is 2. The van der Waals surface area contributed by atoms with Crippen LogP contribution in [0.1, 0.15) is 30.7 Å². The molecule has 168 valence electrons. The number of thioether (sulfide) groups is 1. The molecule has 2 heterocycles. The van der Waals surface area contributed by atoms with Gasteiger partial charge in [0.15, 0.2) is 0 Å². The summed E-state index contributed by atoms with van der Waals surface area (Å²) in [5, 5.41) is 0. The summed E-state index contributed by atoms with van der Waals surface area (Å²) < 4.78 is 5.77. The molecule has 3 aromatic rings. The maximum Gasteiger partial charge on any atom is 0.268 e. The largest absolute Gasteiger partial charge is 0.493 e. The lowest BCUT2D eigenvalue weighted by molar-refractivity contribution is -0.137. The minimum atomic E-state index is -0.294. The number of imide groups is 1. The zero-order chi connectivity index (χ0) is 23.2. The molecule has 0 fully saturated rings. The van der Waals surface area contributed by atoms with Crippen molar-refractivity contribution in [2.75, 3.05) is 6.61 Å². The second-order valence-electron chi connectivity index (χ2n) is 8.23. The molecule has 2 amide bonds. The summed E-state index contributed by atoms with van der Waals surface area (Å²) in [5.41, 5.74) is 2.91. The Balaban J connectivity index is 1.62. The van der Waals surface area contributed by atoms with Gasteiger partial charge >= 0.3 is 0 Å². The number of pyridine rings is 1. The van der Waals surface area contributed by atoms with Gasteiger partial charge in [-0.3, -0.25) is 19.5 Å². The predicted octanol–water partition coefficient (Wildman–Crippen LogP) is 5.33. The van der Waals surface area contributed by atoms with Crippen LogP contribution in [-0.4, -0.2) is 28.3 Å². The van der Waals surface area contributed by atoms with Crippen LogP contribution in [0.3, 0.4) is 0 Å². The average molecular weight is 459 g/mol. The molecule has 0 radical (unpaired) electrons. The quantitative estimate of drug-likeness (QED) is 0.406. The standard InChI is InChI=1S/C27H26N2O3S/c1-19(2)17-32-23-13-11-21(12-14-23)24-25(33-18-20-8-4-3-5-9-20)27(31)29(26(24)30)16-22-10-6-7-15-28-22/h3-15,19H,16-18H2,1-2H3. The maximum atomic E-state index is 13.4. The number of benzene rings is 2. The van der Waals surface area contributed by atoms with E-state index in [0.717, 1.165) is 11.3 Å². The monoisotopic (exact) mass is 458 g/mol. The first-order chi connectivity index (χ1) is 16.0. The van der Waals surface area contributed by atoms with Crippen molar-refractivity contribution in [3.63, 3.8) is 0 Å². The van der Waals surface area contributed by atoms with Gasteiger partial charge in [-0.1, -0.05) is 62.4 Å². The van der Waals surface area contributed by atoms with Gasteiger partial charge in [0.05, 0.1) is 29.3 Å². The molecular weight excluding hydrogens is 432 g/mol. The van der Waals surface area contributed by atoms with E-state index in [1.54, 1.807) is 6.20 Å². The van der Waals surface area contributed by atoms with Crippen LogP contribution in [-0.2, 0) is 21.9 Å². The summed E-state index contributed by atoms with van der Waals surface area (Å²) in [6.07, 6.45) is 1.66. The minimum Gasteiger partial charge on any atom is -0.493 e. The first kappa shape index (κ1) is 22.8. The van der Waals surface area contributed by atoms with Crippen molar-refractivity contribution in [3.8, 4) is 5.75 Å². The molecule has 0 bridgehead atoms. The number of ether oxygens (including phenoxy) is 1. The molecule has 0 spiro atoms. The molecule has 1 aliphatic heterocycles. The van der Waals surface area contributed by atoms with E-state index in [-0.39, 0.29) is 18.4 Å². The van der Waals surface area contributed by atoms with Gasteiger partial charge in [-0.25, -0.2) is 0 Å².